The average Bonchev–Trinajstić information content (AvgIpc) is 3.52. The number of hydrogen-bond acceptors (Lipinski definition) is 8. The van der Waals surface area contributed by atoms with E-state index in [-0.39, 0.29) is 29.8 Å². The first kappa shape index (κ1) is 29.4. The lowest BCUT2D eigenvalue weighted by atomic mass is 10.1. The number of morpholine rings is 1. The molecule has 0 radical (unpaired) electrons. The molecule has 0 saturated carbocycles. The number of carbonyl (C=O) groups excluding carboxylic acids is 1. The summed E-state index contributed by atoms with van der Waals surface area (Å²) in [4.78, 5) is 36.7. The number of aliphatic hydroxyl groups is 1. The lowest BCUT2D eigenvalue weighted by Crippen LogP contribution is -2.50. The molecule has 16 heteroatoms. The Balaban J connectivity index is 1.45. The molecule has 0 spiro atoms. The van der Waals surface area contributed by atoms with E-state index >= 15 is 0 Å². The van der Waals surface area contributed by atoms with E-state index in [1.165, 1.54) is 41.5 Å². The summed E-state index contributed by atoms with van der Waals surface area (Å²) in [5, 5.41) is 18.6. The number of aromatic nitrogens is 7. The molecule has 1 aromatic carbocycles. The Morgan fingerprint density at radius 2 is 1.90 bits per heavy atom. The molecule has 222 valence electrons. The van der Waals surface area contributed by atoms with E-state index in [4.69, 9.17) is 16.3 Å². The molecule has 0 unspecified atom stereocenters. The number of benzene rings is 1. The largest absolute Gasteiger partial charge is 0.416 e. The van der Waals surface area contributed by atoms with Crippen LogP contribution in [0.15, 0.2) is 53.7 Å². The Labute approximate surface area is 241 Å². The Morgan fingerprint density at radius 3 is 2.60 bits per heavy atom. The predicted molar refractivity (Wildman–Crippen MR) is 143 cm³/mol. The fourth-order valence-corrected chi connectivity index (χ4v) is 4.63. The van der Waals surface area contributed by atoms with Gasteiger partial charge in [0.1, 0.15) is 12.9 Å². The van der Waals surface area contributed by atoms with Gasteiger partial charge in [-0.1, -0.05) is 11.6 Å². The first-order valence-electron chi connectivity index (χ1n) is 12.8. The van der Waals surface area contributed by atoms with Crippen molar-refractivity contribution < 1.29 is 27.8 Å². The predicted octanol–water partition coefficient (Wildman–Crippen LogP) is 2.56. The van der Waals surface area contributed by atoms with E-state index in [0.717, 1.165) is 9.25 Å². The molecule has 1 atom stereocenters. The summed E-state index contributed by atoms with van der Waals surface area (Å²) in [5.41, 5.74) is -0.626. The van der Waals surface area contributed by atoms with Gasteiger partial charge in [-0.15, -0.1) is 10.2 Å². The molecule has 1 saturated heterocycles. The highest BCUT2D eigenvalue weighted by atomic mass is 35.5. The summed E-state index contributed by atoms with van der Waals surface area (Å²) < 4.78 is 48.1. The number of hydrogen-bond donors (Lipinski definition) is 1. The van der Waals surface area contributed by atoms with E-state index in [2.05, 4.69) is 20.2 Å². The van der Waals surface area contributed by atoms with Crippen molar-refractivity contribution in [3.8, 4) is 17.1 Å². The van der Waals surface area contributed by atoms with Gasteiger partial charge in [-0.2, -0.15) is 13.2 Å². The third-order valence-corrected chi connectivity index (χ3v) is 6.79. The normalized spacial score (nSPS) is 16.0. The van der Waals surface area contributed by atoms with Crippen molar-refractivity contribution in [3.63, 3.8) is 0 Å². The lowest BCUT2D eigenvalue weighted by Gasteiger charge is -2.38. The van der Waals surface area contributed by atoms with Crippen molar-refractivity contribution in [1.82, 2.24) is 39.0 Å². The third kappa shape index (κ3) is 6.22. The fraction of sp³-hybridized carbons (Fsp3) is 0.385. The van der Waals surface area contributed by atoms with Gasteiger partial charge in [-0.25, -0.2) is 24.1 Å². The van der Waals surface area contributed by atoms with Crippen LogP contribution in [0.1, 0.15) is 30.2 Å². The summed E-state index contributed by atoms with van der Waals surface area (Å²) >= 11 is 5.93. The standard InChI is InChI=1S/C26H26ClF3N8O4/c1-25(2)14-35(10-11-42-25)23(40)21-18(4-3-9-31-21)38-15-32-20(33-38)13-37-24(41)36(12-19(39)26(28,29)30)22(34-37)16-5-7-17(27)8-6-16/h3-9,15,19,39H,10-14H2,1-2H3/t19-/m0/s1. The molecule has 0 bridgehead atoms. The highest BCUT2D eigenvalue weighted by molar-refractivity contribution is 6.30. The van der Waals surface area contributed by atoms with Gasteiger partial charge in [0.05, 0.1) is 24.4 Å². The number of rotatable bonds is 7. The topological polar surface area (TPSA) is 133 Å². The molecule has 4 heterocycles. The van der Waals surface area contributed by atoms with Crippen molar-refractivity contribution in [2.45, 2.75) is 44.8 Å². The smallest absolute Gasteiger partial charge is 0.382 e. The molecule has 1 amide bonds. The molecule has 12 nitrogen and oxygen atoms in total. The highest BCUT2D eigenvalue weighted by Gasteiger charge is 2.39. The van der Waals surface area contributed by atoms with Crippen molar-refractivity contribution >= 4 is 17.5 Å². The Bertz CT molecular complexity index is 1650. The minimum atomic E-state index is -4.95. The number of nitrogens with zero attached hydrogens (tertiary/aromatic N) is 8. The Hall–Kier alpha value is -4.08. The van der Waals surface area contributed by atoms with Crippen LogP contribution in [0, 0.1) is 0 Å². The van der Waals surface area contributed by atoms with Gasteiger partial charge in [-0.05, 0) is 50.2 Å². The minimum Gasteiger partial charge on any atom is -0.382 e. The van der Waals surface area contributed by atoms with Crippen molar-refractivity contribution in [2.24, 2.45) is 0 Å². The fourth-order valence-electron chi connectivity index (χ4n) is 4.50. The average molecular weight is 607 g/mol. The molecule has 42 heavy (non-hydrogen) atoms. The number of ether oxygens (including phenoxy) is 1. The molecule has 1 aliphatic heterocycles. The molecular weight excluding hydrogens is 581 g/mol. The third-order valence-electron chi connectivity index (χ3n) is 6.54. The van der Waals surface area contributed by atoms with Crippen LogP contribution in [-0.2, 0) is 17.8 Å². The number of aliphatic hydroxyl groups excluding tert-OH is 1. The van der Waals surface area contributed by atoms with Gasteiger partial charge in [0.15, 0.2) is 23.4 Å². The van der Waals surface area contributed by atoms with Crippen molar-refractivity contribution in [3.05, 3.63) is 75.9 Å². The number of carbonyl (C=O) groups is 1. The van der Waals surface area contributed by atoms with E-state index in [1.54, 1.807) is 17.0 Å². The molecule has 3 aromatic heterocycles. The van der Waals surface area contributed by atoms with E-state index < -0.39 is 30.1 Å². The Morgan fingerprint density at radius 1 is 1.17 bits per heavy atom. The second kappa shape index (κ2) is 11.3. The maximum absolute atomic E-state index is 13.4. The van der Waals surface area contributed by atoms with E-state index in [1.807, 2.05) is 13.8 Å². The SMILES string of the molecule is CC1(C)CN(C(=O)c2ncccc2-n2cnc(Cn3nc(-c4ccc(Cl)cc4)n(C[C@H](O)C(F)(F)F)c3=O)n2)CCO1. The maximum Gasteiger partial charge on any atom is 0.416 e. The van der Waals surface area contributed by atoms with Gasteiger partial charge >= 0.3 is 11.9 Å². The zero-order valence-corrected chi connectivity index (χ0v) is 23.2. The van der Waals surface area contributed by atoms with Crippen LogP contribution in [0.3, 0.4) is 0 Å². The van der Waals surface area contributed by atoms with Crippen LogP contribution in [-0.4, -0.2) is 87.6 Å². The lowest BCUT2D eigenvalue weighted by molar-refractivity contribution is -0.207. The van der Waals surface area contributed by atoms with Crippen molar-refractivity contribution in [2.75, 3.05) is 19.7 Å². The summed E-state index contributed by atoms with van der Waals surface area (Å²) in [6.45, 7) is 3.56. The van der Waals surface area contributed by atoms with Crippen LogP contribution in [0.25, 0.3) is 17.1 Å². The molecule has 1 fully saturated rings. The van der Waals surface area contributed by atoms with Gasteiger partial charge in [0, 0.05) is 29.9 Å². The maximum atomic E-state index is 13.4. The zero-order valence-electron chi connectivity index (χ0n) is 22.5. The van der Waals surface area contributed by atoms with Gasteiger partial charge in [0.25, 0.3) is 5.91 Å². The first-order valence-corrected chi connectivity index (χ1v) is 13.2. The minimum absolute atomic E-state index is 0.0931. The van der Waals surface area contributed by atoms with E-state index in [0.29, 0.717) is 36.0 Å². The van der Waals surface area contributed by atoms with Gasteiger partial charge < -0.3 is 14.7 Å². The molecule has 1 aliphatic rings. The second-order valence-electron chi connectivity index (χ2n) is 10.3. The zero-order chi connectivity index (χ0) is 30.2. The molecule has 1 N–H and O–H groups in total. The second-order valence-corrected chi connectivity index (χ2v) is 10.7. The van der Waals surface area contributed by atoms with Gasteiger partial charge in [-0.3, -0.25) is 9.36 Å². The molecule has 4 aromatic rings. The molecular formula is C26H26ClF3N8O4. The van der Waals surface area contributed by atoms with Crippen LogP contribution in [0.4, 0.5) is 13.2 Å². The number of amides is 1. The van der Waals surface area contributed by atoms with Crippen LogP contribution in [0.2, 0.25) is 5.02 Å². The summed E-state index contributed by atoms with van der Waals surface area (Å²) in [5.74, 6) is -0.326. The summed E-state index contributed by atoms with van der Waals surface area (Å²) in [7, 11) is 0. The summed E-state index contributed by atoms with van der Waals surface area (Å²) in [6, 6.07) is 9.26. The van der Waals surface area contributed by atoms with Gasteiger partial charge in [0.2, 0.25) is 0 Å². The van der Waals surface area contributed by atoms with Crippen LogP contribution >= 0.6 is 11.6 Å². The monoisotopic (exact) mass is 606 g/mol. The van der Waals surface area contributed by atoms with Crippen molar-refractivity contribution in [1.29, 1.82) is 0 Å². The summed E-state index contributed by atoms with van der Waals surface area (Å²) in [6.07, 6.45) is -4.92. The van der Waals surface area contributed by atoms with E-state index in [9.17, 15) is 27.9 Å². The highest BCUT2D eigenvalue weighted by Crippen LogP contribution is 2.24. The molecule has 5 rings (SSSR count). The Kier molecular flexibility index (Phi) is 7.92. The first-order chi connectivity index (χ1) is 19.8. The van der Waals surface area contributed by atoms with Crippen LogP contribution in [0.5, 0.6) is 0 Å². The molecule has 0 aliphatic carbocycles. The number of halogens is 4. The van der Waals surface area contributed by atoms with Crippen LogP contribution < -0.4 is 5.69 Å². The number of pyridine rings is 1. The quantitative estimate of drug-likeness (QED) is 0.339. The number of alkyl halides is 3.